The Morgan fingerprint density at radius 1 is 1.17 bits per heavy atom. The quantitative estimate of drug-likeness (QED) is 0.746. The Bertz CT molecular complexity index is 906. The Balaban J connectivity index is 0.00000103. The molecule has 3 N–H and O–H groups in total. The van der Waals surface area contributed by atoms with Crippen LogP contribution in [0, 0.1) is 11.3 Å². The van der Waals surface area contributed by atoms with E-state index < -0.39 is 29.1 Å². The molecular weight excluding hydrogens is 382 g/mol. The van der Waals surface area contributed by atoms with Crippen molar-refractivity contribution in [2.45, 2.75) is 80.3 Å². The van der Waals surface area contributed by atoms with Crippen LogP contribution >= 0.6 is 0 Å². The molecule has 0 aliphatic heterocycles. The number of hydrogen-bond acceptors (Lipinski definition) is 4. The van der Waals surface area contributed by atoms with Crippen LogP contribution in [0.15, 0.2) is 23.3 Å². The predicted molar refractivity (Wildman–Crippen MR) is 120 cm³/mol. The summed E-state index contributed by atoms with van der Waals surface area (Å²) in [4.78, 5) is 41.5. The fourth-order valence-corrected chi connectivity index (χ4v) is 2.82. The summed E-state index contributed by atoms with van der Waals surface area (Å²) in [5, 5.41) is 2.60. The van der Waals surface area contributed by atoms with Gasteiger partial charge in [-0.1, -0.05) is 67.7 Å². The number of nitrogens with two attached hydrogens (primary N) is 1. The Labute approximate surface area is 178 Å². The van der Waals surface area contributed by atoms with E-state index in [0.29, 0.717) is 17.6 Å². The summed E-state index contributed by atoms with van der Waals surface area (Å²) >= 11 is 0. The lowest BCUT2D eigenvalue weighted by Gasteiger charge is -2.28. The predicted octanol–water partition coefficient (Wildman–Crippen LogP) is 3.51. The number of nitrogens with zero attached hydrogens (tertiary/aromatic N) is 3. The fraction of sp³-hybridized carbons (Fsp3) is 0.636. The van der Waals surface area contributed by atoms with Crippen LogP contribution in [0.5, 0.6) is 0 Å². The molecule has 8 heteroatoms. The Morgan fingerprint density at radius 2 is 1.77 bits per heavy atom. The van der Waals surface area contributed by atoms with Gasteiger partial charge in [-0.2, -0.15) is 0 Å². The minimum atomic E-state index is -0.906. The van der Waals surface area contributed by atoms with E-state index in [9.17, 15) is 14.4 Å². The standard InChI is InChI=1S/C18H27N5O3.C4H10/c1-6-11(2)10-22-13-9-20-8-7-12(13)23(17(22)26)16(25)21-14(15(19)24)18(3,4)5;1-3-4-2/h7-9,11,14H,6,10H2,1-5H3,(H2,19,24)(H,21,25);3-4H2,1-2H3/t11?,14-;/m1./s1. The van der Waals surface area contributed by atoms with Gasteiger partial charge in [0.15, 0.2) is 0 Å². The van der Waals surface area contributed by atoms with Gasteiger partial charge in [0.1, 0.15) is 6.04 Å². The van der Waals surface area contributed by atoms with Crippen LogP contribution in [0.4, 0.5) is 4.79 Å². The highest BCUT2D eigenvalue weighted by molar-refractivity contribution is 5.92. The summed E-state index contributed by atoms with van der Waals surface area (Å²) in [5.74, 6) is -0.383. The zero-order valence-electron chi connectivity index (χ0n) is 19.4. The van der Waals surface area contributed by atoms with E-state index in [2.05, 4.69) is 24.1 Å². The highest BCUT2D eigenvalue weighted by atomic mass is 16.2. The fourth-order valence-electron chi connectivity index (χ4n) is 2.82. The molecular formula is C22H37N5O3. The van der Waals surface area contributed by atoms with Crippen molar-refractivity contribution in [3.63, 3.8) is 0 Å². The molecule has 0 fully saturated rings. The first-order valence-corrected chi connectivity index (χ1v) is 10.6. The van der Waals surface area contributed by atoms with Gasteiger partial charge in [0.05, 0.1) is 17.2 Å². The molecule has 8 nitrogen and oxygen atoms in total. The first kappa shape index (κ1) is 25.4. The van der Waals surface area contributed by atoms with E-state index in [4.69, 9.17) is 5.73 Å². The SMILES string of the molecule is CCC(C)Cn1c(=O)n(C(=O)N[C@H](C(N)=O)C(C)(C)C)c2ccncc21.CCCC. The number of amides is 2. The van der Waals surface area contributed by atoms with Crippen LogP contribution in [0.3, 0.4) is 0 Å². The average Bonchev–Trinajstić information content (AvgIpc) is 2.96. The zero-order valence-corrected chi connectivity index (χ0v) is 19.4. The van der Waals surface area contributed by atoms with Gasteiger partial charge in [0, 0.05) is 12.7 Å². The molecule has 2 heterocycles. The summed E-state index contributed by atoms with van der Waals surface area (Å²) in [6, 6.07) is 0.0318. The normalized spacial score (nSPS) is 13.3. The van der Waals surface area contributed by atoms with Crippen molar-refractivity contribution in [1.82, 2.24) is 19.4 Å². The van der Waals surface area contributed by atoms with Gasteiger partial charge in [-0.05, 0) is 17.4 Å². The molecule has 2 aromatic heterocycles. The minimum absolute atomic E-state index is 0.267. The summed E-state index contributed by atoms with van der Waals surface area (Å²) < 4.78 is 2.59. The second-order valence-electron chi connectivity index (χ2n) is 8.76. The summed E-state index contributed by atoms with van der Waals surface area (Å²) in [7, 11) is 0. The Hall–Kier alpha value is -2.64. The molecule has 168 valence electrons. The maximum absolute atomic E-state index is 12.9. The van der Waals surface area contributed by atoms with Gasteiger partial charge in [-0.3, -0.25) is 14.3 Å². The number of hydrogen-bond donors (Lipinski definition) is 2. The number of unbranched alkanes of at least 4 members (excludes halogenated alkanes) is 1. The minimum Gasteiger partial charge on any atom is -0.368 e. The molecule has 2 aromatic rings. The van der Waals surface area contributed by atoms with E-state index in [1.807, 2.05) is 13.8 Å². The van der Waals surface area contributed by atoms with Crippen LogP contribution < -0.4 is 16.7 Å². The highest BCUT2D eigenvalue weighted by Crippen LogP contribution is 2.20. The average molecular weight is 420 g/mol. The second kappa shape index (κ2) is 10.9. The summed E-state index contributed by atoms with van der Waals surface area (Å²) in [6.07, 6.45) is 6.63. The Morgan fingerprint density at radius 3 is 2.23 bits per heavy atom. The van der Waals surface area contributed by atoms with Crippen molar-refractivity contribution in [2.24, 2.45) is 17.1 Å². The monoisotopic (exact) mass is 419 g/mol. The number of pyridine rings is 1. The van der Waals surface area contributed by atoms with Crippen LogP contribution in [0.1, 0.15) is 67.7 Å². The van der Waals surface area contributed by atoms with Crippen molar-refractivity contribution in [1.29, 1.82) is 0 Å². The van der Waals surface area contributed by atoms with Gasteiger partial charge >= 0.3 is 11.7 Å². The van der Waals surface area contributed by atoms with Gasteiger partial charge in [0.25, 0.3) is 0 Å². The maximum atomic E-state index is 12.9. The first-order chi connectivity index (χ1) is 14.0. The van der Waals surface area contributed by atoms with Crippen molar-refractivity contribution < 1.29 is 9.59 Å². The number of rotatable bonds is 6. The van der Waals surface area contributed by atoms with E-state index in [0.717, 1.165) is 11.0 Å². The molecule has 1 unspecified atom stereocenters. The third-order valence-corrected chi connectivity index (χ3v) is 5.04. The smallest absolute Gasteiger partial charge is 0.337 e. The molecule has 2 amide bonds. The van der Waals surface area contributed by atoms with E-state index in [1.54, 1.807) is 37.6 Å². The van der Waals surface area contributed by atoms with Crippen LogP contribution in [0.25, 0.3) is 11.0 Å². The number of nitrogens with one attached hydrogen (secondary N) is 1. The van der Waals surface area contributed by atoms with Crippen molar-refractivity contribution in [3.8, 4) is 0 Å². The third-order valence-electron chi connectivity index (χ3n) is 5.04. The Kier molecular flexibility index (Phi) is 9.26. The molecule has 30 heavy (non-hydrogen) atoms. The molecule has 2 atom stereocenters. The highest BCUT2D eigenvalue weighted by Gasteiger charge is 2.32. The van der Waals surface area contributed by atoms with Crippen LogP contribution in [-0.2, 0) is 11.3 Å². The summed E-state index contributed by atoms with van der Waals surface area (Å²) in [6.45, 7) is 14.3. The maximum Gasteiger partial charge on any atom is 0.337 e. The van der Waals surface area contributed by atoms with Gasteiger partial charge < -0.3 is 11.1 Å². The van der Waals surface area contributed by atoms with E-state index >= 15 is 0 Å². The van der Waals surface area contributed by atoms with Gasteiger partial charge in [-0.15, -0.1) is 0 Å². The molecule has 0 saturated carbocycles. The second-order valence-corrected chi connectivity index (χ2v) is 8.76. The molecule has 0 radical (unpaired) electrons. The van der Waals surface area contributed by atoms with Crippen molar-refractivity contribution in [2.75, 3.05) is 0 Å². The lowest BCUT2D eigenvalue weighted by molar-refractivity contribution is -0.122. The first-order valence-electron chi connectivity index (χ1n) is 10.6. The van der Waals surface area contributed by atoms with E-state index in [1.165, 1.54) is 19.0 Å². The summed E-state index contributed by atoms with van der Waals surface area (Å²) in [5.41, 5.74) is 5.43. The lowest BCUT2D eigenvalue weighted by atomic mass is 9.86. The van der Waals surface area contributed by atoms with Crippen molar-refractivity contribution in [3.05, 3.63) is 28.9 Å². The number of imidazole rings is 1. The number of primary amides is 1. The molecule has 2 rings (SSSR count). The largest absolute Gasteiger partial charge is 0.368 e. The molecule has 0 aliphatic rings. The number of fused-ring (bicyclic) bond motifs is 1. The van der Waals surface area contributed by atoms with Gasteiger partial charge in [-0.25, -0.2) is 14.2 Å². The van der Waals surface area contributed by atoms with Gasteiger partial charge in [0.2, 0.25) is 5.91 Å². The molecule has 0 spiro atoms. The molecule has 0 aliphatic carbocycles. The number of carbonyl (C=O) groups excluding carboxylic acids is 2. The van der Waals surface area contributed by atoms with Crippen LogP contribution in [-0.4, -0.2) is 32.1 Å². The third kappa shape index (κ3) is 6.18. The number of carbonyl (C=O) groups is 2. The topological polar surface area (TPSA) is 112 Å². The molecule has 0 saturated heterocycles. The lowest BCUT2D eigenvalue weighted by Crippen LogP contribution is -2.54. The van der Waals surface area contributed by atoms with Crippen LogP contribution in [0.2, 0.25) is 0 Å². The van der Waals surface area contributed by atoms with Crippen molar-refractivity contribution >= 4 is 23.0 Å². The zero-order chi connectivity index (χ0) is 23.1. The molecule has 0 bridgehead atoms. The van der Waals surface area contributed by atoms with E-state index in [-0.39, 0.29) is 5.92 Å². The molecule has 0 aromatic carbocycles. The number of aromatic nitrogens is 3.